The third-order valence-electron chi connectivity index (χ3n) is 5.22. The zero-order chi connectivity index (χ0) is 26.5. The molecule has 0 fully saturated rings. The SMILES string of the molecule is COC(=O)CN(C(=O)OC)C1CN(CC(=O)Nc2ccc(C(F)(F)F)cc2)N=C1c1ccc(Cl)cc1. The molecule has 0 aromatic heterocycles. The summed E-state index contributed by atoms with van der Waals surface area (Å²) in [6.45, 7) is -0.668. The second-order valence-corrected chi connectivity index (χ2v) is 8.09. The molecule has 192 valence electrons. The number of ether oxygens (including phenoxy) is 2. The number of hydrazone groups is 1. The molecule has 0 saturated heterocycles. The molecule has 1 unspecified atom stereocenters. The second-order valence-electron chi connectivity index (χ2n) is 7.65. The Kier molecular flexibility index (Phi) is 8.41. The Balaban J connectivity index is 1.81. The molecule has 9 nitrogen and oxygen atoms in total. The molecule has 1 aliphatic heterocycles. The first-order chi connectivity index (χ1) is 17.0. The van der Waals surface area contributed by atoms with E-state index < -0.39 is 42.3 Å². The normalized spacial score (nSPS) is 15.2. The van der Waals surface area contributed by atoms with E-state index in [4.69, 9.17) is 16.3 Å². The van der Waals surface area contributed by atoms with Crippen LogP contribution in [0.5, 0.6) is 0 Å². The lowest BCUT2D eigenvalue weighted by Crippen LogP contribution is -2.49. The van der Waals surface area contributed by atoms with Crippen LogP contribution in [0.3, 0.4) is 0 Å². The van der Waals surface area contributed by atoms with Gasteiger partial charge in [0.25, 0.3) is 0 Å². The molecule has 0 radical (unpaired) electrons. The molecule has 3 rings (SSSR count). The molecule has 1 aliphatic rings. The van der Waals surface area contributed by atoms with E-state index in [-0.39, 0.29) is 18.8 Å². The molecule has 0 spiro atoms. The minimum absolute atomic E-state index is 0.0322. The van der Waals surface area contributed by atoms with E-state index in [1.54, 1.807) is 24.3 Å². The predicted molar refractivity (Wildman–Crippen MR) is 125 cm³/mol. The van der Waals surface area contributed by atoms with Gasteiger partial charge >= 0.3 is 18.2 Å². The van der Waals surface area contributed by atoms with Crippen molar-refractivity contribution in [3.63, 3.8) is 0 Å². The average Bonchev–Trinajstić information content (AvgIpc) is 3.25. The second kappa shape index (κ2) is 11.3. The van der Waals surface area contributed by atoms with Gasteiger partial charge in [0.2, 0.25) is 5.91 Å². The van der Waals surface area contributed by atoms with Crippen molar-refractivity contribution in [2.24, 2.45) is 5.10 Å². The number of hydrogen-bond acceptors (Lipinski definition) is 7. The number of benzene rings is 2. The maximum Gasteiger partial charge on any atom is 0.416 e. The topological polar surface area (TPSA) is 101 Å². The minimum atomic E-state index is -4.49. The van der Waals surface area contributed by atoms with Gasteiger partial charge in [-0.05, 0) is 36.4 Å². The highest BCUT2D eigenvalue weighted by Gasteiger charge is 2.38. The number of halogens is 4. The largest absolute Gasteiger partial charge is 0.468 e. The van der Waals surface area contributed by atoms with Crippen LogP contribution in [0.1, 0.15) is 11.1 Å². The molecule has 1 heterocycles. The maximum absolute atomic E-state index is 12.8. The molecule has 2 amide bonds. The van der Waals surface area contributed by atoms with E-state index >= 15 is 0 Å². The van der Waals surface area contributed by atoms with E-state index in [9.17, 15) is 27.6 Å². The Bertz CT molecular complexity index is 1140. The Morgan fingerprint density at radius 3 is 2.28 bits per heavy atom. The smallest absolute Gasteiger partial charge is 0.416 e. The van der Waals surface area contributed by atoms with E-state index in [0.717, 1.165) is 36.3 Å². The number of carbonyl (C=O) groups excluding carboxylic acids is 3. The number of anilines is 1. The fourth-order valence-electron chi connectivity index (χ4n) is 3.49. The van der Waals surface area contributed by atoms with Crippen LogP contribution >= 0.6 is 11.6 Å². The summed E-state index contributed by atoms with van der Waals surface area (Å²) in [5, 5.41) is 8.83. The molecule has 1 atom stereocenters. The highest BCUT2D eigenvalue weighted by Crippen LogP contribution is 2.30. The molecular formula is C23H22ClF3N4O5. The fraction of sp³-hybridized carbons (Fsp3) is 0.304. The molecular weight excluding hydrogens is 505 g/mol. The monoisotopic (exact) mass is 526 g/mol. The van der Waals surface area contributed by atoms with Crippen LogP contribution in [0.2, 0.25) is 5.02 Å². The number of alkyl halides is 3. The Morgan fingerprint density at radius 1 is 1.08 bits per heavy atom. The summed E-state index contributed by atoms with van der Waals surface area (Å²) in [5.74, 6) is -1.23. The maximum atomic E-state index is 12.8. The summed E-state index contributed by atoms with van der Waals surface area (Å²) in [4.78, 5) is 38.2. The first-order valence-electron chi connectivity index (χ1n) is 10.5. The van der Waals surface area contributed by atoms with Crippen molar-refractivity contribution in [2.45, 2.75) is 12.2 Å². The van der Waals surface area contributed by atoms with Gasteiger partial charge in [0.1, 0.15) is 13.1 Å². The van der Waals surface area contributed by atoms with Gasteiger partial charge in [0.15, 0.2) is 0 Å². The Morgan fingerprint density at radius 2 is 1.72 bits per heavy atom. The lowest BCUT2D eigenvalue weighted by molar-refractivity contribution is -0.142. The number of esters is 1. The number of hydrogen-bond donors (Lipinski definition) is 1. The van der Waals surface area contributed by atoms with Gasteiger partial charge in [0, 0.05) is 16.3 Å². The highest BCUT2D eigenvalue weighted by atomic mass is 35.5. The van der Waals surface area contributed by atoms with E-state index in [1.807, 2.05) is 0 Å². The molecule has 0 saturated carbocycles. The standard InChI is InChI=1S/C23H22ClF3N4O5/c1-35-20(33)13-31(22(34)36-2)18-11-30(29-21(18)14-3-7-16(24)8-4-14)12-19(32)28-17-9-5-15(6-10-17)23(25,26)27/h3-10,18H,11-13H2,1-2H3,(H,28,32). The first-order valence-corrected chi connectivity index (χ1v) is 10.9. The number of nitrogens with zero attached hydrogens (tertiary/aromatic N) is 3. The summed E-state index contributed by atoms with van der Waals surface area (Å²) in [6, 6.07) is 9.82. The molecule has 13 heteroatoms. The van der Waals surface area contributed by atoms with Crippen LogP contribution in [-0.2, 0) is 25.2 Å². The van der Waals surface area contributed by atoms with E-state index in [1.165, 1.54) is 12.1 Å². The van der Waals surface area contributed by atoms with Crippen molar-refractivity contribution in [1.29, 1.82) is 0 Å². The fourth-order valence-corrected chi connectivity index (χ4v) is 3.62. The molecule has 2 aromatic rings. The zero-order valence-corrected chi connectivity index (χ0v) is 20.0. The van der Waals surface area contributed by atoms with Crippen molar-refractivity contribution in [3.8, 4) is 0 Å². The molecule has 0 aliphatic carbocycles. The first kappa shape index (κ1) is 26.8. The highest BCUT2D eigenvalue weighted by molar-refractivity contribution is 6.30. The average molecular weight is 527 g/mol. The molecule has 2 aromatic carbocycles. The van der Waals surface area contributed by atoms with Crippen LogP contribution in [-0.4, -0.2) is 73.5 Å². The van der Waals surface area contributed by atoms with Gasteiger partial charge in [-0.15, -0.1) is 0 Å². The number of amides is 2. The number of nitrogens with one attached hydrogen (secondary N) is 1. The lowest BCUT2D eigenvalue weighted by atomic mass is 10.0. The summed E-state index contributed by atoms with van der Waals surface area (Å²) in [6.07, 6.45) is -5.29. The number of rotatable bonds is 7. The van der Waals surface area contributed by atoms with E-state index in [2.05, 4.69) is 15.2 Å². The van der Waals surface area contributed by atoms with Gasteiger partial charge in [-0.25, -0.2) is 4.79 Å². The quantitative estimate of drug-likeness (QED) is 0.553. The number of carbonyl (C=O) groups is 3. The number of methoxy groups -OCH3 is 2. The van der Waals surface area contributed by atoms with Crippen LogP contribution in [0, 0.1) is 0 Å². The van der Waals surface area contributed by atoms with Crippen molar-refractivity contribution < 1.29 is 37.0 Å². The van der Waals surface area contributed by atoms with Crippen LogP contribution in [0.25, 0.3) is 0 Å². The summed E-state index contributed by atoms with van der Waals surface area (Å²) < 4.78 is 47.8. The Hall–Kier alpha value is -3.80. The molecule has 1 N–H and O–H groups in total. The van der Waals surface area contributed by atoms with Gasteiger partial charge in [0.05, 0.1) is 38.1 Å². The summed E-state index contributed by atoms with van der Waals surface area (Å²) in [5.41, 5.74) is 0.304. The predicted octanol–water partition coefficient (Wildman–Crippen LogP) is 3.63. The molecule has 0 bridgehead atoms. The van der Waals surface area contributed by atoms with Crippen molar-refractivity contribution in [3.05, 3.63) is 64.7 Å². The van der Waals surface area contributed by atoms with Crippen molar-refractivity contribution in [2.75, 3.05) is 39.2 Å². The van der Waals surface area contributed by atoms with Gasteiger partial charge in [-0.3, -0.25) is 19.5 Å². The Labute approximate surface area is 209 Å². The third-order valence-corrected chi connectivity index (χ3v) is 5.48. The van der Waals surface area contributed by atoms with Crippen LogP contribution in [0.4, 0.5) is 23.7 Å². The lowest BCUT2D eigenvalue weighted by Gasteiger charge is -2.27. The third kappa shape index (κ3) is 6.66. The minimum Gasteiger partial charge on any atom is -0.468 e. The van der Waals surface area contributed by atoms with Crippen molar-refractivity contribution in [1.82, 2.24) is 9.91 Å². The van der Waals surface area contributed by atoms with Crippen LogP contribution < -0.4 is 5.32 Å². The van der Waals surface area contributed by atoms with Crippen LogP contribution in [0.15, 0.2) is 53.6 Å². The molecule has 36 heavy (non-hydrogen) atoms. The summed E-state index contributed by atoms with van der Waals surface area (Å²) >= 11 is 5.98. The van der Waals surface area contributed by atoms with Gasteiger partial charge < -0.3 is 14.8 Å². The van der Waals surface area contributed by atoms with Gasteiger partial charge in [-0.1, -0.05) is 23.7 Å². The van der Waals surface area contributed by atoms with E-state index in [0.29, 0.717) is 16.3 Å². The zero-order valence-electron chi connectivity index (χ0n) is 19.2. The van der Waals surface area contributed by atoms with Gasteiger partial charge in [-0.2, -0.15) is 18.3 Å². The summed E-state index contributed by atoms with van der Waals surface area (Å²) in [7, 11) is 2.34. The van der Waals surface area contributed by atoms with Crippen molar-refractivity contribution >= 4 is 41.0 Å².